The molecule has 2 heteroatoms. The Labute approximate surface area is 119 Å². The van der Waals surface area contributed by atoms with Crippen LogP contribution in [0.25, 0.3) is 0 Å². The molecule has 1 aliphatic carbocycles. The van der Waals surface area contributed by atoms with Gasteiger partial charge in [0.2, 0.25) is 0 Å². The molecule has 20 heavy (non-hydrogen) atoms. The van der Waals surface area contributed by atoms with E-state index >= 15 is 0 Å². The normalized spacial score (nSPS) is 23.0. The van der Waals surface area contributed by atoms with E-state index in [1.54, 1.807) is 0 Å². The molecule has 0 aromatic heterocycles. The molecular weight excluding hydrogens is 244 g/mol. The van der Waals surface area contributed by atoms with Gasteiger partial charge in [0.25, 0.3) is 0 Å². The molecule has 4 rings (SSSR count). The first kappa shape index (κ1) is 11.7. The maximum atomic E-state index is 4.65. The monoisotopic (exact) mass is 262 g/mol. The molecule has 0 unspecified atom stereocenters. The Hall–Kier alpha value is -2.09. The summed E-state index contributed by atoms with van der Waals surface area (Å²) in [6.45, 7) is 1.91. The molecule has 0 bridgehead atoms. The minimum absolute atomic E-state index is 0.124. The maximum Gasteiger partial charge on any atom is 0.101 e. The van der Waals surface area contributed by atoms with Crippen LogP contribution in [-0.2, 0) is 5.41 Å². The van der Waals surface area contributed by atoms with Crippen LogP contribution >= 0.6 is 0 Å². The molecule has 2 aliphatic rings. The third kappa shape index (κ3) is 1.68. The van der Waals surface area contributed by atoms with Crippen molar-refractivity contribution >= 4 is 5.84 Å². The van der Waals surface area contributed by atoms with Gasteiger partial charge < -0.3 is 5.32 Å². The summed E-state index contributed by atoms with van der Waals surface area (Å²) in [5.74, 6) is 1.72. The average molecular weight is 262 g/mol. The smallest absolute Gasteiger partial charge is 0.101 e. The van der Waals surface area contributed by atoms with Gasteiger partial charge in [-0.1, -0.05) is 60.7 Å². The highest BCUT2D eigenvalue weighted by Gasteiger charge is 2.59. The molecule has 0 amide bonds. The number of amidine groups is 1. The number of hydrogen-bond donors (Lipinski definition) is 1. The number of aliphatic imine (C=N–C) groups is 1. The van der Waals surface area contributed by atoms with Crippen molar-refractivity contribution in [3.05, 3.63) is 71.8 Å². The predicted octanol–water partition coefficient (Wildman–Crippen LogP) is 2.99. The molecular formula is C18H18N2. The Kier molecular flexibility index (Phi) is 2.62. The quantitative estimate of drug-likeness (QED) is 0.903. The largest absolute Gasteiger partial charge is 0.372 e. The zero-order valence-corrected chi connectivity index (χ0v) is 11.4. The van der Waals surface area contributed by atoms with Crippen LogP contribution in [0.2, 0.25) is 0 Å². The number of rotatable bonds is 3. The second-order valence-corrected chi connectivity index (χ2v) is 5.65. The van der Waals surface area contributed by atoms with Crippen LogP contribution in [0, 0.1) is 5.92 Å². The van der Waals surface area contributed by atoms with E-state index in [2.05, 4.69) is 71.0 Å². The lowest BCUT2D eigenvalue weighted by molar-refractivity contribution is 0.795. The first-order valence-corrected chi connectivity index (χ1v) is 7.30. The fourth-order valence-corrected chi connectivity index (χ4v) is 3.52. The zero-order valence-electron chi connectivity index (χ0n) is 11.4. The standard InChI is InChI=1S/C18H18N2/c1-3-7-14(8-4-1)18(15-9-5-2-6-10-15)13-16(18)17-19-11-12-20-17/h1-10,16H,11-13H2,(H,19,20)/t16-/m1/s1. The minimum atomic E-state index is 0.124. The van der Waals surface area contributed by atoms with E-state index in [0.717, 1.165) is 19.5 Å². The van der Waals surface area contributed by atoms with Crippen LogP contribution in [0.5, 0.6) is 0 Å². The first-order chi connectivity index (χ1) is 9.91. The molecule has 0 spiro atoms. The summed E-state index contributed by atoms with van der Waals surface area (Å²) in [7, 11) is 0. The fraction of sp³-hybridized carbons (Fsp3) is 0.278. The number of hydrogen-bond acceptors (Lipinski definition) is 2. The molecule has 1 heterocycles. The number of nitrogens with one attached hydrogen (secondary N) is 1. The molecule has 100 valence electrons. The molecule has 2 nitrogen and oxygen atoms in total. The van der Waals surface area contributed by atoms with Crippen molar-refractivity contribution in [1.29, 1.82) is 0 Å². The van der Waals surface area contributed by atoms with E-state index < -0.39 is 0 Å². The van der Waals surface area contributed by atoms with Crippen LogP contribution in [0.4, 0.5) is 0 Å². The van der Waals surface area contributed by atoms with E-state index in [1.165, 1.54) is 17.0 Å². The van der Waals surface area contributed by atoms with Crippen LogP contribution in [0.1, 0.15) is 17.5 Å². The second kappa shape index (κ2) is 4.48. The second-order valence-electron chi connectivity index (χ2n) is 5.65. The fourth-order valence-electron chi connectivity index (χ4n) is 3.52. The van der Waals surface area contributed by atoms with E-state index in [9.17, 15) is 0 Å². The lowest BCUT2D eigenvalue weighted by atomic mass is 9.85. The molecule has 1 N–H and O–H groups in total. The van der Waals surface area contributed by atoms with Crippen LogP contribution < -0.4 is 5.32 Å². The highest BCUT2D eigenvalue weighted by atomic mass is 15.1. The molecule has 0 radical (unpaired) electrons. The van der Waals surface area contributed by atoms with E-state index in [-0.39, 0.29) is 5.41 Å². The average Bonchev–Trinajstić information content (AvgIpc) is 3.06. The molecule has 1 atom stereocenters. The SMILES string of the molecule is c1ccc(C2(c3ccccc3)C[C@@H]2C2=NCCN2)cc1. The Morgan fingerprint density at radius 3 is 2.00 bits per heavy atom. The van der Waals surface area contributed by atoms with Crippen molar-refractivity contribution in [3.8, 4) is 0 Å². The van der Waals surface area contributed by atoms with Crippen LogP contribution in [0.3, 0.4) is 0 Å². The van der Waals surface area contributed by atoms with Gasteiger partial charge in [-0.3, -0.25) is 4.99 Å². The van der Waals surface area contributed by atoms with E-state index in [4.69, 9.17) is 0 Å². The number of nitrogens with zero attached hydrogens (tertiary/aromatic N) is 1. The summed E-state index contributed by atoms with van der Waals surface area (Å²) < 4.78 is 0. The topological polar surface area (TPSA) is 24.4 Å². The van der Waals surface area contributed by atoms with Crippen molar-refractivity contribution in [2.75, 3.05) is 13.1 Å². The number of benzene rings is 2. The summed E-state index contributed by atoms with van der Waals surface area (Å²) in [6.07, 6.45) is 1.16. The lowest BCUT2D eigenvalue weighted by Crippen LogP contribution is -2.25. The molecule has 1 fully saturated rings. The van der Waals surface area contributed by atoms with Gasteiger partial charge in [0.05, 0.1) is 6.54 Å². The van der Waals surface area contributed by atoms with Crippen molar-refractivity contribution < 1.29 is 0 Å². The maximum absolute atomic E-state index is 4.65. The third-order valence-corrected chi connectivity index (χ3v) is 4.57. The summed E-state index contributed by atoms with van der Waals surface area (Å²) in [5, 5.41) is 3.46. The van der Waals surface area contributed by atoms with Gasteiger partial charge in [0.15, 0.2) is 0 Å². The van der Waals surface area contributed by atoms with Gasteiger partial charge in [-0.15, -0.1) is 0 Å². The Morgan fingerprint density at radius 1 is 0.900 bits per heavy atom. The summed E-state index contributed by atoms with van der Waals surface area (Å²) in [4.78, 5) is 4.65. The summed E-state index contributed by atoms with van der Waals surface area (Å²) in [5.41, 5.74) is 2.94. The Morgan fingerprint density at radius 2 is 1.50 bits per heavy atom. The minimum Gasteiger partial charge on any atom is -0.372 e. The Bertz CT molecular complexity index is 591. The van der Waals surface area contributed by atoms with E-state index in [0.29, 0.717) is 5.92 Å². The highest BCUT2D eigenvalue weighted by molar-refractivity contribution is 5.91. The molecule has 2 aromatic carbocycles. The van der Waals surface area contributed by atoms with Crippen molar-refractivity contribution in [2.45, 2.75) is 11.8 Å². The predicted molar refractivity (Wildman–Crippen MR) is 82.1 cm³/mol. The molecule has 1 aliphatic heterocycles. The molecule has 1 saturated carbocycles. The van der Waals surface area contributed by atoms with Gasteiger partial charge >= 0.3 is 0 Å². The van der Waals surface area contributed by atoms with Crippen molar-refractivity contribution in [3.63, 3.8) is 0 Å². The lowest BCUT2D eigenvalue weighted by Gasteiger charge is -2.19. The van der Waals surface area contributed by atoms with Crippen molar-refractivity contribution in [1.82, 2.24) is 5.32 Å². The zero-order chi connectivity index (χ0) is 13.4. The van der Waals surface area contributed by atoms with Gasteiger partial charge in [0.1, 0.15) is 5.84 Å². The Balaban J connectivity index is 1.80. The van der Waals surface area contributed by atoms with Gasteiger partial charge in [-0.05, 0) is 17.5 Å². The van der Waals surface area contributed by atoms with Gasteiger partial charge in [-0.2, -0.15) is 0 Å². The highest BCUT2D eigenvalue weighted by Crippen LogP contribution is 2.59. The van der Waals surface area contributed by atoms with Crippen LogP contribution in [0.15, 0.2) is 65.7 Å². The molecule has 2 aromatic rings. The van der Waals surface area contributed by atoms with E-state index in [1.807, 2.05) is 0 Å². The van der Waals surface area contributed by atoms with Crippen LogP contribution in [-0.4, -0.2) is 18.9 Å². The molecule has 0 saturated heterocycles. The third-order valence-electron chi connectivity index (χ3n) is 4.57. The van der Waals surface area contributed by atoms with Gasteiger partial charge in [-0.25, -0.2) is 0 Å². The van der Waals surface area contributed by atoms with Gasteiger partial charge in [0, 0.05) is 17.9 Å². The first-order valence-electron chi connectivity index (χ1n) is 7.30. The summed E-state index contributed by atoms with van der Waals surface area (Å²) >= 11 is 0. The summed E-state index contributed by atoms with van der Waals surface area (Å²) in [6, 6.07) is 21.7. The van der Waals surface area contributed by atoms with Crippen molar-refractivity contribution in [2.24, 2.45) is 10.9 Å².